The number of aryl methyl sites for hydroxylation is 1. The van der Waals surface area contributed by atoms with Gasteiger partial charge in [-0.1, -0.05) is 11.3 Å². The molecule has 0 spiro atoms. The van der Waals surface area contributed by atoms with Crippen molar-refractivity contribution in [3.05, 3.63) is 10.6 Å². The van der Waals surface area contributed by atoms with E-state index in [1.165, 1.54) is 6.92 Å². The normalized spacial score (nSPS) is 13.6. The minimum atomic E-state index is -4.57. The van der Waals surface area contributed by atoms with Crippen molar-refractivity contribution in [2.75, 3.05) is 5.73 Å². The van der Waals surface area contributed by atoms with Gasteiger partial charge in [0.15, 0.2) is 11.2 Å². The summed E-state index contributed by atoms with van der Waals surface area (Å²) in [5, 5.41) is 0.115. The van der Waals surface area contributed by atoms with Crippen LogP contribution in [0.15, 0.2) is 0 Å². The molecule has 1 aromatic rings. The van der Waals surface area contributed by atoms with Crippen LogP contribution < -0.4 is 5.73 Å². The molecule has 0 saturated heterocycles. The Kier molecular flexibility index (Phi) is 3.41. The van der Waals surface area contributed by atoms with Crippen LogP contribution in [0.1, 0.15) is 22.3 Å². The van der Waals surface area contributed by atoms with E-state index < -0.39 is 18.2 Å². The van der Waals surface area contributed by atoms with Gasteiger partial charge in [-0.15, -0.1) is 0 Å². The number of carbonyl (C=O) groups excluding carboxylic acids is 1. The maximum atomic E-state index is 12.1. The number of carbonyl (C=O) groups is 1. The molecule has 0 aromatic carbocycles. The van der Waals surface area contributed by atoms with Gasteiger partial charge in [-0.3, -0.25) is 0 Å². The van der Waals surface area contributed by atoms with Gasteiger partial charge in [0.05, 0.1) is 5.69 Å². The summed E-state index contributed by atoms with van der Waals surface area (Å²) in [6.45, 7) is 2.24. The zero-order valence-corrected chi connectivity index (χ0v) is 9.28. The Balaban J connectivity index is 2.77. The van der Waals surface area contributed by atoms with Crippen LogP contribution in [0.2, 0.25) is 0 Å². The number of nitrogens with two attached hydrogens (primary N) is 1. The highest BCUT2D eigenvalue weighted by Crippen LogP contribution is 2.26. The van der Waals surface area contributed by atoms with E-state index in [-0.39, 0.29) is 15.7 Å². The number of halogens is 3. The summed E-state index contributed by atoms with van der Waals surface area (Å²) in [7, 11) is 0. The van der Waals surface area contributed by atoms with Crippen molar-refractivity contribution in [2.45, 2.75) is 26.1 Å². The predicted molar refractivity (Wildman–Crippen MR) is 52.2 cm³/mol. The van der Waals surface area contributed by atoms with E-state index in [2.05, 4.69) is 9.72 Å². The second-order valence-corrected chi connectivity index (χ2v) is 4.09. The monoisotopic (exact) mass is 254 g/mol. The third-order valence-electron chi connectivity index (χ3n) is 1.74. The zero-order valence-electron chi connectivity index (χ0n) is 8.46. The van der Waals surface area contributed by atoms with Crippen LogP contribution >= 0.6 is 11.3 Å². The number of ether oxygens (including phenoxy) is 1. The summed E-state index contributed by atoms with van der Waals surface area (Å²) >= 11 is 0.800. The molecule has 0 saturated carbocycles. The minimum Gasteiger partial charge on any atom is -0.449 e. The first-order chi connectivity index (χ1) is 7.21. The summed E-state index contributed by atoms with van der Waals surface area (Å²) in [6.07, 6.45) is -6.72. The molecule has 0 fully saturated rings. The van der Waals surface area contributed by atoms with E-state index in [1.54, 1.807) is 0 Å². The van der Waals surface area contributed by atoms with Crippen molar-refractivity contribution in [2.24, 2.45) is 0 Å². The van der Waals surface area contributed by atoms with E-state index in [0.717, 1.165) is 18.3 Å². The molecule has 0 bridgehead atoms. The minimum absolute atomic E-state index is 0.00593. The van der Waals surface area contributed by atoms with E-state index in [0.29, 0.717) is 0 Å². The second-order valence-electron chi connectivity index (χ2n) is 3.06. The van der Waals surface area contributed by atoms with E-state index >= 15 is 0 Å². The van der Waals surface area contributed by atoms with Gasteiger partial charge in [0.2, 0.25) is 0 Å². The van der Waals surface area contributed by atoms with Gasteiger partial charge in [-0.25, -0.2) is 9.78 Å². The largest absolute Gasteiger partial charge is 0.449 e. The molecule has 1 atom stereocenters. The summed E-state index contributed by atoms with van der Waals surface area (Å²) in [5.41, 5.74) is 5.58. The number of esters is 1. The number of anilines is 1. The molecular weight excluding hydrogens is 245 g/mol. The van der Waals surface area contributed by atoms with Crippen LogP contribution in [0.5, 0.6) is 0 Å². The Labute approximate surface area is 93.2 Å². The lowest BCUT2D eigenvalue weighted by Gasteiger charge is -2.15. The fourth-order valence-electron chi connectivity index (χ4n) is 0.888. The van der Waals surface area contributed by atoms with Gasteiger partial charge in [0.1, 0.15) is 4.88 Å². The van der Waals surface area contributed by atoms with Crippen LogP contribution in [-0.2, 0) is 4.74 Å². The van der Waals surface area contributed by atoms with E-state index in [9.17, 15) is 18.0 Å². The van der Waals surface area contributed by atoms with Crippen molar-refractivity contribution in [1.82, 2.24) is 4.98 Å². The maximum absolute atomic E-state index is 12.1. The molecule has 0 aliphatic carbocycles. The highest BCUT2D eigenvalue weighted by Gasteiger charge is 2.39. The first kappa shape index (κ1) is 12.8. The molecule has 0 aliphatic rings. The molecule has 0 amide bonds. The molecule has 0 unspecified atom stereocenters. The molecule has 4 nitrogen and oxygen atoms in total. The van der Waals surface area contributed by atoms with Crippen molar-refractivity contribution in [3.8, 4) is 0 Å². The predicted octanol–water partition coefficient (Wildman–Crippen LogP) is 2.14. The Morgan fingerprint density at radius 1 is 1.56 bits per heavy atom. The topological polar surface area (TPSA) is 65.2 Å². The maximum Gasteiger partial charge on any atom is 0.425 e. The first-order valence-corrected chi connectivity index (χ1v) is 5.04. The van der Waals surface area contributed by atoms with Crippen LogP contribution in [0.4, 0.5) is 18.3 Å². The van der Waals surface area contributed by atoms with Gasteiger partial charge >= 0.3 is 12.1 Å². The van der Waals surface area contributed by atoms with Crippen molar-refractivity contribution < 1.29 is 22.7 Å². The number of alkyl halides is 3. The summed E-state index contributed by atoms with van der Waals surface area (Å²) in [5.74, 6) is -1.06. The van der Waals surface area contributed by atoms with Crippen LogP contribution in [0, 0.1) is 6.92 Å². The lowest BCUT2D eigenvalue weighted by Crippen LogP contribution is -2.30. The zero-order chi connectivity index (χ0) is 12.5. The van der Waals surface area contributed by atoms with Gasteiger partial charge in [-0.2, -0.15) is 13.2 Å². The summed E-state index contributed by atoms with van der Waals surface area (Å²) in [4.78, 5) is 15.0. The lowest BCUT2D eigenvalue weighted by molar-refractivity contribution is -0.198. The molecule has 1 rings (SSSR count). The molecule has 16 heavy (non-hydrogen) atoms. The Hall–Kier alpha value is -1.31. The Morgan fingerprint density at radius 2 is 2.12 bits per heavy atom. The third-order valence-corrected chi connectivity index (χ3v) is 2.71. The third kappa shape index (κ3) is 2.84. The Bertz CT molecular complexity index is 402. The average Bonchev–Trinajstić information content (AvgIpc) is 2.43. The number of rotatable bonds is 2. The standard InChI is InChI=1S/C8H9F3N2O2S/c1-3-5(16-7(12)13-3)6(14)15-4(2)8(9,10)11/h4H,1-2H3,(H2,12,13)/t4-/m1/s1. The van der Waals surface area contributed by atoms with E-state index in [4.69, 9.17) is 5.73 Å². The summed E-state index contributed by atoms with van der Waals surface area (Å²) in [6, 6.07) is 0. The molecule has 8 heteroatoms. The van der Waals surface area contributed by atoms with Crippen LogP contribution in [0.25, 0.3) is 0 Å². The molecule has 0 radical (unpaired) electrons. The van der Waals surface area contributed by atoms with Gasteiger partial charge in [0.25, 0.3) is 0 Å². The molecule has 1 heterocycles. The van der Waals surface area contributed by atoms with Gasteiger partial charge in [0, 0.05) is 0 Å². The van der Waals surface area contributed by atoms with Crippen LogP contribution in [0.3, 0.4) is 0 Å². The number of hydrogen-bond donors (Lipinski definition) is 1. The van der Waals surface area contributed by atoms with Crippen molar-refractivity contribution >= 4 is 22.4 Å². The first-order valence-electron chi connectivity index (χ1n) is 4.22. The highest BCUT2D eigenvalue weighted by atomic mass is 32.1. The number of nitrogen functional groups attached to an aromatic ring is 1. The average molecular weight is 254 g/mol. The number of nitrogens with zero attached hydrogens (tertiary/aromatic N) is 1. The van der Waals surface area contributed by atoms with Crippen molar-refractivity contribution in [3.63, 3.8) is 0 Å². The molecular formula is C8H9F3N2O2S. The smallest absolute Gasteiger partial charge is 0.425 e. The van der Waals surface area contributed by atoms with Gasteiger partial charge in [-0.05, 0) is 13.8 Å². The number of aromatic nitrogens is 1. The van der Waals surface area contributed by atoms with Gasteiger partial charge < -0.3 is 10.5 Å². The fraction of sp³-hybridized carbons (Fsp3) is 0.500. The van der Waals surface area contributed by atoms with Crippen LogP contribution in [-0.4, -0.2) is 23.2 Å². The number of thiazole rings is 1. The quantitative estimate of drug-likeness (QED) is 0.821. The Morgan fingerprint density at radius 3 is 2.50 bits per heavy atom. The SMILES string of the molecule is Cc1nc(N)sc1C(=O)O[C@H](C)C(F)(F)F. The summed E-state index contributed by atoms with van der Waals surface area (Å²) < 4.78 is 40.6. The molecule has 0 aliphatic heterocycles. The fourth-order valence-corrected chi connectivity index (χ4v) is 1.60. The second kappa shape index (κ2) is 4.28. The lowest BCUT2D eigenvalue weighted by atomic mass is 10.3. The number of hydrogen-bond acceptors (Lipinski definition) is 5. The van der Waals surface area contributed by atoms with E-state index in [1.807, 2.05) is 0 Å². The van der Waals surface area contributed by atoms with Crippen molar-refractivity contribution in [1.29, 1.82) is 0 Å². The molecule has 1 aromatic heterocycles. The highest BCUT2D eigenvalue weighted by molar-refractivity contribution is 7.17. The molecule has 2 N–H and O–H groups in total. The molecule has 90 valence electrons.